The molecule has 28 heavy (non-hydrogen) atoms. The van der Waals surface area contributed by atoms with Crippen LogP contribution in [0.5, 0.6) is 0 Å². The summed E-state index contributed by atoms with van der Waals surface area (Å²) >= 11 is 12.0. The molecule has 152 valence electrons. The molecular weight excluding hydrogens is 423 g/mol. The third kappa shape index (κ3) is 6.18. The highest BCUT2D eigenvalue weighted by atomic mass is 35.5. The van der Waals surface area contributed by atoms with Crippen molar-refractivity contribution in [3.8, 4) is 0 Å². The van der Waals surface area contributed by atoms with Gasteiger partial charge in [-0.05, 0) is 36.8 Å². The van der Waals surface area contributed by atoms with Gasteiger partial charge in [-0.1, -0.05) is 47.0 Å². The number of halogens is 2. The zero-order valence-corrected chi connectivity index (χ0v) is 17.9. The second kappa shape index (κ2) is 10.2. The summed E-state index contributed by atoms with van der Waals surface area (Å²) in [7, 11) is -2.38. The average molecular weight is 445 g/mol. The normalized spacial score (nSPS) is 11.6. The number of nitrogens with zero attached hydrogens (tertiary/aromatic N) is 1. The van der Waals surface area contributed by atoms with Gasteiger partial charge in [0.05, 0.1) is 28.1 Å². The summed E-state index contributed by atoms with van der Waals surface area (Å²) in [4.78, 5) is 12.4. The quantitative estimate of drug-likeness (QED) is 0.602. The summed E-state index contributed by atoms with van der Waals surface area (Å²) in [5, 5.41) is 3.32. The second-order valence-electron chi connectivity index (χ2n) is 6.18. The van der Waals surface area contributed by atoms with Gasteiger partial charge in [0.25, 0.3) is 0 Å². The molecule has 0 spiro atoms. The number of benzene rings is 2. The van der Waals surface area contributed by atoms with Crippen LogP contribution in [0, 0.1) is 6.92 Å². The lowest BCUT2D eigenvalue weighted by Crippen LogP contribution is -2.41. The molecule has 0 fully saturated rings. The first-order chi connectivity index (χ1) is 13.2. The van der Waals surface area contributed by atoms with Crippen LogP contribution < -0.4 is 5.32 Å². The Balaban J connectivity index is 2.30. The summed E-state index contributed by atoms with van der Waals surface area (Å²) in [6, 6.07) is 11.3. The molecule has 0 bridgehead atoms. The van der Waals surface area contributed by atoms with Gasteiger partial charge in [-0.25, -0.2) is 8.42 Å². The van der Waals surface area contributed by atoms with Gasteiger partial charge in [0.2, 0.25) is 15.9 Å². The van der Waals surface area contributed by atoms with E-state index in [0.29, 0.717) is 28.8 Å². The third-order valence-electron chi connectivity index (χ3n) is 3.95. The van der Waals surface area contributed by atoms with E-state index in [1.54, 1.807) is 30.3 Å². The fourth-order valence-electron chi connectivity index (χ4n) is 2.44. The fourth-order valence-corrected chi connectivity index (χ4v) is 4.14. The monoisotopic (exact) mass is 444 g/mol. The Bertz CT molecular complexity index is 918. The second-order valence-corrected chi connectivity index (χ2v) is 8.93. The highest BCUT2D eigenvalue weighted by Crippen LogP contribution is 2.25. The average Bonchev–Trinajstić information content (AvgIpc) is 2.64. The van der Waals surface area contributed by atoms with Crippen molar-refractivity contribution in [1.82, 2.24) is 9.62 Å². The first-order valence-electron chi connectivity index (χ1n) is 8.50. The summed E-state index contributed by atoms with van der Waals surface area (Å²) in [5.74, 6) is -0.423. The van der Waals surface area contributed by atoms with E-state index >= 15 is 0 Å². The molecule has 0 heterocycles. The number of sulfonamides is 1. The molecule has 0 aliphatic carbocycles. The van der Waals surface area contributed by atoms with Gasteiger partial charge >= 0.3 is 0 Å². The maximum atomic E-state index is 13.1. The molecule has 0 saturated heterocycles. The van der Waals surface area contributed by atoms with Crippen molar-refractivity contribution in [2.45, 2.75) is 18.4 Å². The van der Waals surface area contributed by atoms with Crippen LogP contribution in [-0.4, -0.2) is 45.4 Å². The van der Waals surface area contributed by atoms with Crippen LogP contribution in [0.25, 0.3) is 0 Å². The Hall–Kier alpha value is -1.64. The molecule has 6 nitrogen and oxygen atoms in total. The van der Waals surface area contributed by atoms with E-state index in [2.05, 4.69) is 5.32 Å². The van der Waals surface area contributed by atoms with Gasteiger partial charge in [-0.2, -0.15) is 4.31 Å². The van der Waals surface area contributed by atoms with Crippen LogP contribution in [-0.2, 0) is 26.1 Å². The van der Waals surface area contributed by atoms with Gasteiger partial charge in [-0.15, -0.1) is 0 Å². The van der Waals surface area contributed by atoms with E-state index in [4.69, 9.17) is 27.9 Å². The van der Waals surface area contributed by atoms with Crippen molar-refractivity contribution in [2.75, 3.05) is 26.8 Å². The largest absolute Gasteiger partial charge is 0.383 e. The first-order valence-corrected chi connectivity index (χ1v) is 10.7. The predicted octanol–water partition coefficient (Wildman–Crippen LogP) is 3.26. The van der Waals surface area contributed by atoms with E-state index in [1.165, 1.54) is 19.2 Å². The van der Waals surface area contributed by atoms with Crippen molar-refractivity contribution in [1.29, 1.82) is 0 Å². The van der Waals surface area contributed by atoms with Crippen LogP contribution in [0.4, 0.5) is 0 Å². The lowest BCUT2D eigenvalue weighted by atomic mass is 10.2. The van der Waals surface area contributed by atoms with E-state index in [-0.39, 0.29) is 18.0 Å². The number of carbonyl (C=O) groups excluding carboxylic acids is 1. The van der Waals surface area contributed by atoms with Crippen molar-refractivity contribution in [3.05, 3.63) is 63.6 Å². The van der Waals surface area contributed by atoms with Crippen LogP contribution in [0.2, 0.25) is 10.0 Å². The van der Waals surface area contributed by atoms with E-state index in [0.717, 1.165) is 9.87 Å². The molecule has 0 aromatic heterocycles. The van der Waals surface area contributed by atoms with Crippen molar-refractivity contribution < 1.29 is 17.9 Å². The number of hydrogen-bond acceptors (Lipinski definition) is 4. The number of aryl methyl sites for hydroxylation is 1. The molecule has 2 aromatic carbocycles. The minimum absolute atomic E-state index is 0.0230. The molecule has 0 aliphatic rings. The predicted molar refractivity (Wildman–Crippen MR) is 110 cm³/mol. The third-order valence-corrected chi connectivity index (χ3v) is 6.49. The summed E-state index contributed by atoms with van der Waals surface area (Å²) in [6.45, 7) is 2.14. The maximum absolute atomic E-state index is 13.1. The summed E-state index contributed by atoms with van der Waals surface area (Å²) in [5.41, 5.74) is 1.56. The SMILES string of the molecule is COCCNC(=O)CN(Cc1ccc(Cl)c(Cl)c1)S(=O)(=O)c1ccc(C)cc1. The van der Waals surface area contributed by atoms with E-state index < -0.39 is 15.9 Å². The molecule has 1 N–H and O–H groups in total. The first kappa shape index (κ1) is 22.6. The molecule has 0 atom stereocenters. The van der Waals surface area contributed by atoms with Crippen LogP contribution in [0.1, 0.15) is 11.1 Å². The number of hydrogen-bond donors (Lipinski definition) is 1. The number of ether oxygens (including phenoxy) is 1. The number of rotatable bonds is 9. The van der Waals surface area contributed by atoms with Crippen molar-refractivity contribution >= 4 is 39.1 Å². The fraction of sp³-hybridized carbons (Fsp3) is 0.316. The van der Waals surface area contributed by atoms with E-state index in [9.17, 15) is 13.2 Å². The smallest absolute Gasteiger partial charge is 0.243 e. The lowest BCUT2D eigenvalue weighted by Gasteiger charge is -2.22. The molecule has 0 aliphatic heterocycles. The number of methoxy groups -OCH3 is 1. The Morgan fingerprint density at radius 1 is 1.11 bits per heavy atom. The van der Waals surface area contributed by atoms with Gasteiger partial charge in [0.15, 0.2) is 0 Å². The Morgan fingerprint density at radius 3 is 2.39 bits per heavy atom. The van der Waals surface area contributed by atoms with Gasteiger partial charge < -0.3 is 10.1 Å². The van der Waals surface area contributed by atoms with Crippen molar-refractivity contribution in [3.63, 3.8) is 0 Å². The minimum Gasteiger partial charge on any atom is -0.383 e. The molecule has 1 amide bonds. The topological polar surface area (TPSA) is 75.7 Å². The molecule has 9 heteroatoms. The van der Waals surface area contributed by atoms with Crippen LogP contribution in [0.3, 0.4) is 0 Å². The number of nitrogens with one attached hydrogen (secondary N) is 1. The molecule has 2 aromatic rings. The minimum atomic E-state index is -3.90. The zero-order chi connectivity index (χ0) is 20.7. The summed E-state index contributed by atoms with van der Waals surface area (Å²) in [6.07, 6.45) is 0. The van der Waals surface area contributed by atoms with Gasteiger partial charge in [0, 0.05) is 20.2 Å². The lowest BCUT2D eigenvalue weighted by molar-refractivity contribution is -0.121. The highest BCUT2D eigenvalue weighted by Gasteiger charge is 2.27. The zero-order valence-electron chi connectivity index (χ0n) is 15.6. The van der Waals surface area contributed by atoms with Crippen molar-refractivity contribution in [2.24, 2.45) is 0 Å². The van der Waals surface area contributed by atoms with Crippen LogP contribution >= 0.6 is 23.2 Å². The van der Waals surface area contributed by atoms with E-state index in [1.807, 2.05) is 6.92 Å². The molecule has 0 saturated carbocycles. The maximum Gasteiger partial charge on any atom is 0.243 e. The Labute approximate surface area is 175 Å². The number of amides is 1. The van der Waals surface area contributed by atoms with Gasteiger partial charge in [-0.3, -0.25) is 4.79 Å². The highest BCUT2D eigenvalue weighted by molar-refractivity contribution is 7.89. The molecular formula is C19H22Cl2N2O4S. The molecule has 0 unspecified atom stereocenters. The van der Waals surface area contributed by atoms with Crippen LogP contribution in [0.15, 0.2) is 47.4 Å². The van der Waals surface area contributed by atoms with Gasteiger partial charge in [0.1, 0.15) is 0 Å². The standard InChI is InChI=1S/C19H22Cl2N2O4S/c1-14-3-6-16(7-4-14)28(25,26)23(13-19(24)22-9-10-27-2)12-15-5-8-17(20)18(21)11-15/h3-8,11H,9-10,12-13H2,1-2H3,(H,22,24). The number of carbonyl (C=O) groups is 1. The summed E-state index contributed by atoms with van der Waals surface area (Å²) < 4.78 is 32.3. The molecule has 2 rings (SSSR count). The Kier molecular flexibility index (Phi) is 8.27. The Morgan fingerprint density at radius 2 is 1.79 bits per heavy atom. The molecule has 0 radical (unpaired) electrons.